The number of oxime groups is 1. The Morgan fingerprint density at radius 3 is 2.38 bits per heavy atom. The molecule has 10 heteroatoms. The molecule has 236 valence electrons. The summed E-state index contributed by atoms with van der Waals surface area (Å²) in [6.45, 7) is 7.93. The summed E-state index contributed by atoms with van der Waals surface area (Å²) < 4.78 is 29.1. The molecule has 0 fully saturated rings. The van der Waals surface area contributed by atoms with E-state index in [2.05, 4.69) is 24.0 Å². The van der Waals surface area contributed by atoms with Crippen molar-refractivity contribution < 1.29 is 33.0 Å². The molecule has 0 spiro atoms. The summed E-state index contributed by atoms with van der Waals surface area (Å²) in [6, 6.07) is 22.6. The zero-order valence-electron chi connectivity index (χ0n) is 25.7. The molecule has 0 radical (unpaired) electrons. The second-order valence-electron chi connectivity index (χ2n) is 10.9. The van der Waals surface area contributed by atoms with Crippen LogP contribution in [0.4, 0.5) is 4.39 Å². The Morgan fingerprint density at radius 1 is 0.978 bits per heavy atom. The lowest BCUT2D eigenvalue weighted by Gasteiger charge is -2.27. The number of fused-ring (bicyclic) bond motifs is 1. The van der Waals surface area contributed by atoms with Crippen molar-refractivity contribution in [3.63, 3.8) is 0 Å². The van der Waals surface area contributed by atoms with Crippen molar-refractivity contribution in [1.29, 1.82) is 0 Å². The normalized spacial score (nSPS) is 16.2. The minimum atomic E-state index is -0.947. The largest absolute Gasteiger partial charge is 0.480 e. The number of esters is 2. The standard InChI is InChI=1S/C18H16FNO3.C17H20ClNO3/c1-2-22-17(21)16-12-18(23-20-16,13-6-4-3-5-7-13)14-8-10-15(19)11-9-14;1-11(2)9-12(3)22-16(20)10-21-15-7-6-14(18)13-5-4-8-19-17(13)15/h3-11H,2,12H2,1H3;4-8,11-12H,9-10H2,1-3H3. The van der Waals surface area contributed by atoms with E-state index in [9.17, 15) is 14.0 Å². The van der Waals surface area contributed by atoms with Crippen molar-refractivity contribution in [2.24, 2.45) is 11.1 Å². The average Bonchev–Trinajstić information content (AvgIpc) is 3.49. The number of hydrogen-bond acceptors (Lipinski definition) is 8. The van der Waals surface area contributed by atoms with E-state index in [4.69, 9.17) is 30.6 Å². The molecule has 1 aliphatic rings. The van der Waals surface area contributed by atoms with E-state index in [0.717, 1.165) is 22.9 Å². The van der Waals surface area contributed by atoms with Gasteiger partial charge in [0.2, 0.25) is 0 Å². The highest BCUT2D eigenvalue weighted by Gasteiger charge is 2.45. The molecule has 0 N–H and O–H groups in total. The predicted molar refractivity (Wildman–Crippen MR) is 171 cm³/mol. The summed E-state index contributed by atoms with van der Waals surface area (Å²) in [5.41, 5.74) is 1.48. The number of hydrogen-bond donors (Lipinski definition) is 0. The summed E-state index contributed by atoms with van der Waals surface area (Å²) in [4.78, 5) is 33.7. The van der Waals surface area contributed by atoms with Crippen molar-refractivity contribution >= 4 is 40.2 Å². The van der Waals surface area contributed by atoms with Crippen molar-refractivity contribution in [1.82, 2.24) is 4.98 Å². The summed E-state index contributed by atoms with van der Waals surface area (Å²) in [7, 11) is 0. The van der Waals surface area contributed by atoms with Gasteiger partial charge in [0, 0.05) is 22.7 Å². The molecule has 0 aliphatic carbocycles. The second kappa shape index (κ2) is 15.5. The van der Waals surface area contributed by atoms with Crippen molar-refractivity contribution in [3.05, 3.63) is 107 Å². The minimum absolute atomic E-state index is 0.115. The van der Waals surface area contributed by atoms with Gasteiger partial charge in [0.1, 0.15) is 17.1 Å². The lowest BCUT2D eigenvalue weighted by atomic mass is 9.82. The summed E-state index contributed by atoms with van der Waals surface area (Å²) >= 11 is 6.12. The van der Waals surface area contributed by atoms with Gasteiger partial charge in [0.05, 0.1) is 24.2 Å². The van der Waals surface area contributed by atoms with Crippen LogP contribution in [0.3, 0.4) is 0 Å². The van der Waals surface area contributed by atoms with E-state index >= 15 is 0 Å². The van der Waals surface area contributed by atoms with Crippen LogP contribution in [0.5, 0.6) is 5.75 Å². The molecule has 1 aliphatic heterocycles. The number of carbonyl (C=O) groups is 2. The fourth-order valence-corrected chi connectivity index (χ4v) is 5.21. The van der Waals surface area contributed by atoms with E-state index in [0.29, 0.717) is 22.2 Å². The Bertz CT molecular complexity index is 1630. The number of rotatable bonds is 10. The lowest BCUT2D eigenvalue weighted by Crippen LogP contribution is -2.29. The molecule has 3 aromatic carbocycles. The van der Waals surface area contributed by atoms with Crippen molar-refractivity contribution in [2.75, 3.05) is 13.2 Å². The molecule has 8 nitrogen and oxygen atoms in total. The third-order valence-electron chi connectivity index (χ3n) is 6.95. The first-order valence-corrected chi connectivity index (χ1v) is 15.1. The molecule has 1 aromatic heterocycles. The average molecular weight is 635 g/mol. The van der Waals surface area contributed by atoms with E-state index in [1.165, 1.54) is 12.1 Å². The highest BCUT2D eigenvalue weighted by molar-refractivity contribution is 6.37. The van der Waals surface area contributed by atoms with Crippen LogP contribution < -0.4 is 4.74 Å². The van der Waals surface area contributed by atoms with Gasteiger partial charge in [0.15, 0.2) is 17.9 Å². The highest BCUT2D eigenvalue weighted by atomic mass is 35.5. The van der Waals surface area contributed by atoms with Crippen molar-refractivity contribution in [3.8, 4) is 5.75 Å². The van der Waals surface area contributed by atoms with E-state index in [-0.39, 0.29) is 43.2 Å². The number of halogens is 2. The molecule has 2 heterocycles. The van der Waals surface area contributed by atoms with Crippen LogP contribution in [-0.2, 0) is 29.5 Å². The monoisotopic (exact) mass is 634 g/mol. The fourth-order valence-electron chi connectivity index (χ4n) is 5.00. The quantitative estimate of drug-likeness (QED) is 0.165. The first kappa shape index (κ1) is 33.4. The third-order valence-corrected chi connectivity index (χ3v) is 7.28. The lowest BCUT2D eigenvalue weighted by molar-refractivity contribution is -0.151. The SMILES string of the molecule is CC(C)CC(C)OC(=O)COc1ccc(Cl)c2cccnc12.CCOC(=O)C1=NOC(c2ccccc2)(c2ccc(F)cc2)C1. The molecule has 4 aromatic rings. The molecular formula is C35H36ClFN2O6. The van der Waals surface area contributed by atoms with Gasteiger partial charge in [-0.1, -0.05) is 73.1 Å². The summed E-state index contributed by atoms with van der Waals surface area (Å²) in [5, 5.41) is 5.33. The van der Waals surface area contributed by atoms with Crippen LogP contribution in [0.25, 0.3) is 10.9 Å². The maximum Gasteiger partial charge on any atom is 0.356 e. The zero-order valence-corrected chi connectivity index (χ0v) is 26.4. The van der Waals surface area contributed by atoms with Crippen LogP contribution in [0.1, 0.15) is 51.7 Å². The Balaban J connectivity index is 0.000000205. The molecule has 0 saturated carbocycles. The van der Waals surface area contributed by atoms with Crippen LogP contribution in [0, 0.1) is 11.7 Å². The molecule has 45 heavy (non-hydrogen) atoms. The van der Waals surface area contributed by atoms with Crippen molar-refractivity contribution in [2.45, 2.75) is 52.2 Å². The molecule has 0 bridgehead atoms. The first-order chi connectivity index (χ1) is 21.6. The molecule has 2 unspecified atom stereocenters. The molecule has 0 saturated heterocycles. The Kier molecular flexibility index (Phi) is 11.5. The van der Waals surface area contributed by atoms with Gasteiger partial charge in [-0.15, -0.1) is 0 Å². The van der Waals surface area contributed by atoms with E-state index < -0.39 is 11.6 Å². The van der Waals surface area contributed by atoms with Gasteiger partial charge in [0.25, 0.3) is 0 Å². The van der Waals surface area contributed by atoms with Gasteiger partial charge >= 0.3 is 11.9 Å². The Morgan fingerprint density at radius 2 is 1.69 bits per heavy atom. The van der Waals surface area contributed by atoms with Gasteiger partial charge in [-0.25, -0.2) is 14.0 Å². The topological polar surface area (TPSA) is 96.3 Å². The predicted octanol–water partition coefficient (Wildman–Crippen LogP) is 7.65. The summed E-state index contributed by atoms with van der Waals surface area (Å²) in [6.07, 6.45) is 2.61. The molecule has 2 atom stereocenters. The molecule has 5 rings (SSSR count). The smallest absolute Gasteiger partial charge is 0.356 e. The Labute approximate surface area is 267 Å². The zero-order chi connectivity index (χ0) is 32.4. The van der Waals surface area contributed by atoms with Crippen LogP contribution >= 0.6 is 11.6 Å². The van der Waals surface area contributed by atoms with Crippen LogP contribution in [0.15, 0.2) is 90.2 Å². The Hall–Kier alpha value is -4.50. The van der Waals surface area contributed by atoms with Gasteiger partial charge in [-0.3, -0.25) is 4.98 Å². The van der Waals surface area contributed by atoms with Gasteiger partial charge in [-0.05, 0) is 62.6 Å². The molecular weight excluding hydrogens is 599 g/mol. The number of pyridine rings is 1. The number of ether oxygens (including phenoxy) is 3. The number of carbonyl (C=O) groups excluding carboxylic acids is 2. The van der Waals surface area contributed by atoms with Gasteiger partial charge in [-0.2, -0.15) is 0 Å². The maximum atomic E-state index is 13.3. The summed E-state index contributed by atoms with van der Waals surface area (Å²) in [5.74, 6) is -0.206. The second-order valence-corrected chi connectivity index (χ2v) is 11.3. The fraction of sp³-hybridized carbons (Fsp3) is 0.314. The molecule has 0 amide bonds. The van der Waals surface area contributed by atoms with E-state index in [1.54, 1.807) is 43.5 Å². The number of aromatic nitrogens is 1. The first-order valence-electron chi connectivity index (χ1n) is 14.7. The van der Waals surface area contributed by atoms with Crippen LogP contribution in [-0.4, -0.2) is 42.0 Å². The van der Waals surface area contributed by atoms with Gasteiger partial charge < -0.3 is 19.0 Å². The van der Waals surface area contributed by atoms with Crippen LogP contribution in [0.2, 0.25) is 5.02 Å². The van der Waals surface area contributed by atoms with E-state index in [1.807, 2.05) is 43.3 Å². The minimum Gasteiger partial charge on any atom is -0.480 e. The maximum absolute atomic E-state index is 13.3. The number of benzene rings is 3. The number of nitrogens with zero attached hydrogens (tertiary/aromatic N) is 2. The third kappa shape index (κ3) is 8.57. The highest BCUT2D eigenvalue weighted by Crippen LogP contribution is 2.41.